The van der Waals surface area contributed by atoms with Crippen LogP contribution in [0.5, 0.6) is 0 Å². The molecule has 2 heteroatoms. The number of rotatable bonds is 4. The van der Waals surface area contributed by atoms with E-state index < -0.39 is 0 Å². The van der Waals surface area contributed by atoms with Crippen LogP contribution in [-0.4, -0.2) is 11.8 Å². The maximum absolute atomic E-state index is 11.9. The number of ketones is 1. The quantitative estimate of drug-likeness (QED) is 0.767. The molecule has 2 atom stereocenters. The molecule has 1 aromatic rings. The van der Waals surface area contributed by atoms with Crippen molar-refractivity contribution in [2.24, 2.45) is 11.7 Å². The van der Waals surface area contributed by atoms with Crippen molar-refractivity contribution in [3.05, 3.63) is 35.4 Å². The zero-order valence-corrected chi connectivity index (χ0v) is 9.66. The standard InChI is InChI=1S/C13H19NO/c1-4-11-5-7-12(8-6-11)13(15)9(2)10(3)14/h5-10H,4,14H2,1-3H3. The highest BCUT2D eigenvalue weighted by atomic mass is 16.1. The molecule has 2 unspecified atom stereocenters. The predicted octanol–water partition coefficient (Wildman–Crippen LogP) is 2.42. The van der Waals surface area contributed by atoms with Gasteiger partial charge in [0.25, 0.3) is 0 Å². The van der Waals surface area contributed by atoms with Crippen LogP contribution in [0.1, 0.15) is 36.7 Å². The molecule has 1 rings (SSSR count). The SMILES string of the molecule is CCc1ccc(C(=O)C(C)C(C)N)cc1. The summed E-state index contributed by atoms with van der Waals surface area (Å²) in [6, 6.07) is 7.69. The minimum absolute atomic E-state index is 0.0941. The van der Waals surface area contributed by atoms with Gasteiger partial charge in [-0.3, -0.25) is 4.79 Å². The second-order valence-electron chi connectivity index (χ2n) is 4.06. The van der Waals surface area contributed by atoms with Crippen LogP contribution in [0.25, 0.3) is 0 Å². The van der Waals surface area contributed by atoms with Crippen molar-refractivity contribution in [2.45, 2.75) is 33.2 Å². The highest BCUT2D eigenvalue weighted by Gasteiger charge is 2.18. The number of Topliss-reactive ketones (excluding diaryl/α,β-unsaturated/α-hetero) is 1. The molecule has 0 bridgehead atoms. The molecule has 0 amide bonds. The molecule has 0 aliphatic rings. The van der Waals surface area contributed by atoms with E-state index in [-0.39, 0.29) is 17.7 Å². The molecule has 0 aromatic heterocycles. The maximum atomic E-state index is 11.9. The number of carbonyl (C=O) groups is 1. The molecule has 0 radical (unpaired) electrons. The number of nitrogens with two attached hydrogens (primary N) is 1. The lowest BCUT2D eigenvalue weighted by molar-refractivity contribution is 0.0917. The number of hydrogen-bond acceptors (Lipinski definition) is 2. The molecular weight excluding hydrogens is 186 g/mol. The van der Waals surface area contributed by atoms with E-state index in [0.29, 0.717) is 0 Å². The van der Waals surface area contributed by atoms with Crippen LogP contribution in [-0.2, 0) is 6.42 Å². The minimum Gasteiger partial charge on any atom is -0.327 e. The van der Waals surface area contributed by atoms with Crippen LogP contribution < -0.4 is 5.73 Å². The second kappa shape index (κ2) is 5.08. The molecule has 15 heavy (non-hydrogen) atoms. The summed E-state index contributed by atoms with van der Waals surface area (Å²) in [6.07, 6.45) is 0.997. The van der Waals surface area contributed by atoms with Crippen molar-refractivity contribution in [3.63, 3.8) is 0 Å². The van der Waals surface area contributed by atoms with Crippen LogP contribution in [0.3, 0.4) is 0 Å². The Hall–Kier alpha value is -1.15. The van der Waals surface area contributed by atoms with Gasteiger partial charge in [0.2, 0.25) is 0 Å². The maximum Gasteiger partial charge on any atom is 0.167 e. The summed E-state index contributed by atoms with van der Waals surface area (Å²) in [5.74, 6) is 0.0186. The summed E-state index contributed by atoms with van der Waals surface area (Å²) >= 11 is 0. The summed E-state index contributed by atoms with van der Waals surface area (Å²) < 4.78 is 0. The van der Waals surface area contributed by atoms with Gasteiger partial charge < -0.3 is 5.73 Å². The van der Waals surface area contributed by atoms with Gasteiger partial charge in [0.05, 0.1) is 0 Å². The molecule has 0 heterocycles. The van der Waals surface area contributed by atoms with Gasteiger partial charge in [0.1, 0.15) is 0 Å². The van der Waals surface area contributed by atoms with E-state index in [0.717, 1.165) is 12.0 Å². The van der Waals surface area contributed by atoms with E-state index in [4.69, 9.17) is 5.73 Å². The largest absolute Gasteiger partial charge is 0.327 e. The highest BCUT2D eigenvalue weighted by Crippen LogP contribution is 2.12. The Balaban J connectivity index is 2.83. The molecule has 0 saturated carbocycles. The Kier molecular flexibility index (Phi) is 4.04. The first-order valence-corrected chi connectivity index (χ1v) is 5.45. The Morgan fingerprint density at radius 2 is 1.80 bits per heavy atom. The molecule has 0 spiro atoms. The predicted molar refractivity (Wildman–Crippen MR) is 63.0 cm³/mol. The van der Waals surface area contributed by atoms with Crippen LogP contribution in [0.15, 0.2) is 24.3 Å². The molecule has 0 aliphatic heterocycles. The molecular formula is C13H19NO. The fourth-order valence-corrected chi connectivity index (χ4v) is 1.41. The van der Waals surface area contributed by atoms with Crippen molar-refractivity contribution in [1.82, 2.24) is 0 Å². The Morgan fingerprint density at radius 1 is 1.27 bits per heavy atom. The monoisotopic (exact) mass is 205 g/mol. The van der Waals surface area contributed by atoms with E-state index in [1.165, 1.54) is 5.56 Å². The first kappa shape index (κ1) is 11.9. The molecule has 0 aliphatic carbocycles. The third kappa shape index (κ3) is 2.90. The third-order valence-corrected chi connectivity index (χ3v) is 2.85. The van der Waals surface area contributed by atoms with Gasteiger partial charge >= 0.3 is 0 Å². The van der Waals surface area contributed by atoms with Crippen molar-refractivity contribution in [2.75, 3.05) is 0 Å². The topological polar surface area (TPSA) is 43.1 Å². The Labute approximate surface area is 91.5 Å². The third-order valence-electron chi connectivity index (χ3n) is 2.85. The fourth-order valence-electron chi connectivity index (χ4n) is 1.41. The van der Waals surface area contributed by atoms with Gasteiger partial charge in [-0.25, -0.2) is 0 Å². The van der Waals surface area contributed by atoms with E-state index in [2.05, 4.69) is 6.92 Å². The molecule has 82 valence electrons. The Bertz CT molecular complexity index is 327. The van der Waals surface area contributed by atoms with Crippen LogP contribution in [0.2, 0.25) is 0 Å². The lowest BCUT2D eigenvalue weighted by atomic mass is 9.93. The highest BCUT2D eigenvalue weighted by molar-refractivity contribution is 5.98. The van der Waals surface area contributed by atoms with E-state index in [1.807, 2.05) is 38.1 Å². The van der Waals surface area contributed by atoms with Crippen LogP contribution >= 0.6 is 0 Å². The smallest absolute Gasteiger partial charge is 0.167 e. The summed E-state index contributed by atoms with van der Waals surface area (Å²) in [7, 11) is 0. The van der Waals surface area contributed by atoms with Crippen molar-refractivity contribution in [1.29, 1.82) is 0 Å². The zero-order valence-electron chi connectivity index (χ0n) is 9.66. The average Bonchev–Trinajstić information content (AvgIpc) is 2.27. The normalized spacial score (nSPS) is 14.7. The number of benzene rings is 1. The van der Waals surface area contributed by atoms with Gasteiger partial charge in [-0.05, 0) is 18.9 Å². The first-order chi connectivity index (χ1) is 7.06. The molecule has 1 aromatic carbocycles. The van der Waals surface area contributed by atoms with Gasteiger partial charge in [-0.1, -0.05) is 38.1 Å². The van der Waals surface area contributed by atoms with Gasteiger partial charge in [0.15, 0.2) is 5.78 Å². The van der Waals surface area contributed by atoms with E-state index >= 15 is 0 Å². The molecule has 2 nitrogen and oxygen atoms in total. The van der Waals surface area contributed by atoms with E-state index in [1.54, 1.807) is 0 Å². The summed E-state index contributed by atoms with van der Waals surface area (Å²) in [6.45, 7) is 5.84. The fraction of sp³-hybridized carbons (Fsp3) is 0.462. The van der Waals surface area contributed by atoms with Crippen molar-refractivity contribution in [3.8, 4) is 0 Å². The summed E-state index contributed by atoms with van der Waals surface area (Å²) in [5.41, 5.74) is 7.72. The second-order valence-corrected chi connectivity index (χ2v) is 4.06. The zero-order chi connectivity index (χ0) is 11.4. The summed E-state index contributed by atoms with van der Waals surface area (Å²) in [4.78, 5) is 11.9. The molecule has 0 saturated heterocycles. The average molecular weight is 205 g/mol. The minimum atomic E-state index is -0.113. The van der Waals surface area contributed by atoms with E-state index in [9.17, 15) is 4.79 Å². The molecule has 0 fully saturated rings. The lowest BCUT2D eigenvalue weighted by Gasteiger charge is -2.14. The van der Waals surface area contributed by atoms with Gasteiger partial charge in [-0.2, -0.15) is 0 Å². The number of carbonyl (C=O) groups excluding carboxylic acids is 1. The number of hydrogen-bond donors (Lipinski definition) is 1. The first-order valence-electron chi connectivity index (χ1n) is 5.45. The van der Waals surface area contributed by atoms with Gasteiger partial charge in [0, 0.05) is 17.5 Å². The van der Waals surface area contributed by atoms with Crippen LogP contribution in [0.4, 0.5) is 0 Å². The lowest BCUT2D eigenvalue weighted by Crippen LogP contribution is -2.30. The van der Waals surface area contributed by atoms with Crippen molar-refractivity contribution >= 4 is 5.78 Å². The van der Waals surface area contributed by atoms with Gasteiger partial charge in [-0.15, -0.1) is 0 Å². The number of aryl methyl sites for hydroxylation is 1. The summed E-state index contributed by atoms with van der Waals surface area (Å²) in [5, 5.41) is 0. The molecule has 2 N–H and O–H groups in total. The van der Waals surface area contributed by atoms with Crippen LogP contribution in [0, 0.1) is 5.92 Å². The Morgan fingerprint density at radius 3 is 2.20 bits per heavy atom. The van der Waals surface area contributed by atoms with Crippen molar-refractivity contribution < 1.29 is 4.79 Å².